The molecule has 0 heterocycles. The predicted octanol–water partition coefficient (Wildman–Crippen LogP) is 4.76. The SMILES string of the molecule is CN(c1ccc(OC(=O)c2ccc(C#N)cc2)cc1)S(=O)(=O)c1ccc2ccccc2c1. The van der Waals surface area contributed by atoms with Crippen molar-refractivity contribution in [3.8, 4) is 11.8 Å². The molecule has 0 N–H and O–H groups in total. The molecule has 4 rings (SSSR count). The van der Waals surface area contributed by atoms with Gasteiger partial charge in [-0.15, -0.1) is 0 Å². The van der Waals surface area contributed by atoms with Crippen LogP contribution in [0.2, 0.25) is 0 Å². The maximum absolute atomic E-state index is 13.1. The highest BCUT2D eigenvalue weighted by atomic mass is 32.2. The first kappa shape index (κ1) is 21.1. The Bertz CT molecular complexity index is 1440. The summed E-state index contributed by atoms with van der Waals surface area (Å²) in [6, 6.07) is 26.8. The lowest BCUT2D eigenvalue weighted by Gasteiger charge is -2.20. The van der Waals surface area contributed by atoms with Crippen molar-refractivity contribution in [3.05, 3.63) is 102 Å². The lowest BCUT2D eigenvalue weighted by atomic mass is 10.1. The minimum atomic E-state index is -3.77. The number of rotatable bonds is 5. The van der Waals surface area contributed by atoms with Gasteiger partial charge in [-0.05, 0) is 71.4 Å². The fourth-order valence-corrected chi connectivity index (χ4v) is 4.43. The number of carbonyl (C=O) groups excluding carboxylic acids is 1. The summed E-state index contributed by atoms with van der Waals surface area (Å²) in [4.78, 5) is 12.5. The highest BCUT2D eigenvalue weighted by molar-refractivity contribution is 7.92. The number of ether oxygens (including phenoxy) is 1. The van der Waals surface area contributed by atoms with Crippen LogP contribution in [0, 0.1) is 11.3 Å². The van der Waals surface area contributed by atoms with Crippen molar-refractivity contribution in [1.29, 1.82) is 5.26 Å². The number of hydrogen-bond donors (Lipinski definition) is 0. The average molecular weight is 442 g/mol. The minimum absolute atomic E-state index is 0.190. The number of nitrogens with zero attached hydrogens (tertiary/aromatic N) is 2. The molecule has 0 aliphatic heterocycles. The van der Waals surface area contributed by atoms with E-state index >= 15 is 0 Å². The van der Waals surface area contributed by atoms with Crippen LogP contribution in [-0.2, 0) is 10.0 Å². The highest BCUT2D eigenvalue weighted by Gasteiger charge is 2.22. The molecule has 32 heavy (non-hydrogen) atoms. The fourth-order valence-electron chi connectivity index (χ4n) is 3.20. The molecule has 0 amide bonds. The van der Waals surface area contributed by atoms with Crippen molar-refractivity contribution in [1.82, 2.24) is 0 Å². The van der Waals surface area contributed by atoms with E-state index in [-0.39, 0.29) is 10.6 Å². The third kappa shape index (κ3) is 4.17. The molecule has 0 fully saturated rings. The molecule has 0 saturated heterocycles. The Labute approximate surface area is 186 Å². The maximum Gasteiger partial charge on any atom is 0.343 e. The van der Waals surface area contributed by atoms with Crippen LogP contribution < -0.4 is 9.04 Å². The van der Waals surface area contributed by atoms with E-state index in [0.717, 1.165) is 10.8 Å². The van der Waals surface area contributed by atoms with Crippen LogP contribution in [0.4, 0.5) is 5.69 Å². The van der Waals surface area contributed by atoms with E-state index in [0.29, 0.717) is 16.8 Å². The van der Waals surface area contributed by atoms with Crippen molar-refractivity contribution < 1.29 is 17.9 Å². The van der Waals surface area contributed by atoms with Gasteiger partial charge in [0.25, 0.3) is 10.0 Å². The monoisotopic (exact) mass is 442 g/mol. The maximum atomic E-state index is 13.1. The van der Waals surface area contributed by atoms with Crippen LogP contribution in [-0.4, -0.2) is 21.4 Å². The van der Waals surface area contributed by atoms with Gasteiger partial charge < -0.3 is 4.74 Å². The zero-order chi connectivity index (χ0) is 22.7. The van der Waals surface area contributed by atoms with Gasteiger partial charge in [-0.1, -0.05) is 30.3 Å². The number of fused-ring (bicyclic) bond motifs is 1. The van der Waals surface area contributed by atoms with E-state index in [9.17, 15) is 13.2 Å². The van der Waals surface area contributed by atoms with Gasteiger partial charge in [-0.3, -0.25) is 4.31 Å². The summed E-state index contributed by atoms with van der Waals surface area (Å²) in [6.07, 6.45) is 0. The molecule has 7 heteroatoms. The van der Waals surface area contributed by atoms with Crippen LogP contribution in [0.15, 0.2) is 95.9 Å². The third-order valence-corrected chi connectivity index (χ3v) is 6.82. The van der Waals surface area contributed by atoms with Gasteiger partial charge in [0.15, 0.2) is 0 Å². The summed E-state index contributed by atoms with van der Waals surface area (Å²) in [6.45, 7) is 0. The van der Waals surface area contributed by atoms with Crippen LogP contribution in [0.1, 0.15) is 15.9 Å². The fraction of sp³-hybridized carbons (Fsp3) is 0.0400. The Morgan fingerprint density at radius 2 is 1.53 bits per heavy atom. The van der Waals surface area contributed by atoms with Gasteiger partial charge in [0.2, 0.25) is 0 Å². The number of sulfonamides is 1. The second-order valence-electron chi connectivity index (χ2n) is 7.05. The molecular formula is C25H18N2O4S. The Hall–Kier alpha value is -4.15. The summed E-state index contributed by atoms with van der Waals surface area (Å²) >= 11 is 0. The first-order valence-corrected chi connectivity index (χ1v) is 11.1. The van der Waals surface area contributed by atoms with Crippen molar-refractivity contribution in [2.45, 2.75) is 4.90 Å². The van der Waals surface area contributed by atoms with Crippen LogP contribution in [0.25, 0.3) is 10.8 Å². The molecule has 0 bridgehead atoms. The van der Waals surface area contributed by atoms with Gasteiger partial charge in [-0.2, -0.15) is 5.26 Å². The van der Waals surface area contributed by atoms with Gasteiger partial charge in [0.05, 0.1) is 27.8 Å². The summed E-state index contributed by atoms with van der Waals surface area (Å²) in [7, 11) is -2.30. The molecule has 0 unspecified atom stereocenters. The minimum Gasteiger partial charge on any atom is -0.423 e. The van der Waals surface area contributed by atoms with Crippen LogP contribution in [0.5, 0.6) is 5.75 Å². The predicted molar refractivity (Wildman–Crippen MR) is 122 cm³/mol. The highest BCUT2D eigenvalue weighted by Crippen LogP contribution is 2.26. The summed E-state index contributed by atoms with van der Waals surface area (Å²) in [5.74, 6) is -0.293. The number of carbonyl (C=O) groups is 1. The van der Waals surface area contributed by atoms with Crippen LogP contribution in [0.3, 0.4) is 0 Å². The van der Waals surface area contributed by atoms with Gasteiger partial charge in [0.1, 0.15) is 5.75 Å². The number of nitriles is 1. The van der Waals surface area contributed by atoms with E-state index in [1.54, 1.807) is 30.3 Å². The smallest absolute Gasteiger partial charge is 0.343 e. The van der Waals surface area contributed by atoms with Crippen molar-refractivity contribution in [3.63, 3.8) is 0 Å². The normalized spacial score (nSPS) is 11.0. The van der Waals surface area contributed by atoms with Gasteiger partial charge in [-0.25, -0.2) is 13.2 Å². The molecule has 6 nitrogen and oxygen atoms in total. The van der Waals surface area contributed by atoms with Crippen molar-refractivity contribution >= 4 is 32.5 Å². The van der Waals surface area contributed by atoms with E-state index in [4.69, 9.17) is 10.00 Å². The van der Waals surface area contributed by atoms with E-state index in [1.165, 1.54) is 47.8 Å². The molecular weight excluding hydrogens is 424 g/mol. The Morgan fingerprint density at radius 3 is 2.19 bits per heavy atom. The number of hydrogen-bond acceptors (Lipinski definition) is 5. The summed E-state index contributed by atoms with van der Waals surface area (Å²) < 4.78 is 32.7. The zero-order valence-corrected chi connectivity index (χ0v) is 17.9. The molecule has 4 aromatic rings. The number of esters is 1. The van der Waals surface area contributed by atoms with Gasteiger partial charge >= 0.3 is 5.97 Å². The molecule has 0 saturated carbocycles. The summed E-state index contributed by atoms with van der Waals surface area (Å²) in [5.41, 5.74) is 1.18. The lowest BCUT2D eigenvalue weighted by molar-refractivity contribution is 0.0734. The average Bonchev–Trinajstić information content (AvgIpc) is 2.83. The first-order chi connectivity index (χ1) is 15.4. The van der Waals surface area contributed by atoms with Crippen molar-refractivity contribution in [2.24, 2.45) is 0 Å². The van der Waals surface area contributed by atoms with Crippen molar-refractivity contribution in [2.75, 3.05) is 11.4 Å². The topological polar surface area (TPSA) is 87.5 Å². The van der Waals surface area contributed by atoms with E-state index in [1.807, 2.05) is 30.3 Å². The zero-order valence-electron chi connectivity index (χ0n) is 17.1. The third-order valence-electron chi connectivity index (χ3n) is 5.04. The lowest BCUT2D eigenvalue weighted by Crippen LogP contribution is -2.26. The second kappa shape index (κ2) is 8.53. The molecule has 158 valence electrons. The molecule has 0 radical (unpaired) electrons. The molecule has 0 atom stereocenters. The van der Waals surface area contributed by atoms with E-state index in [2.05, 4.69) is 0 Å². The second-order valence-corrected chi connectivity index (χ2v) is 9.02. The summed E-state index contributed by atoms with van der Waals surface area (Å²) in [5, 5.41) is 10.6. The molecule has 0 aliphatic carbocycles. The first-order valence-electron chi connectivity index (χ1n) is 9.68. The Morgan fingerprint density at radius 1 is 0.875 bits per heavy atom. The number of benzene rings is 4. The Kier molecular flexibility index (Phi) is 5.63. The molecule has 0 spiro atoms. The standard InChI is InChI=1S/C25H18N2O4S/c1-27(32(29,30)24-15-10-19-4-2-3-5-21(19)16-24)22-11-13-23(14-12-22)31-25(28)20-8-6-18(17-26)7-9-20/h2-16H,1H3. The van der Waals surface area contributed by atoms with Gasteiger partial charge in [0, 0.05) is 7.05 Å². The van der Waals surface area contributed by atoms with Crippen LogP contribution >= 0.6 is 0 Å². The molecule has 4 aromatic carbocycles. The molecule has 0 aromatic heterocycles. The largest absolute Gasteiger partial charge is 0.423 e. The quantitative estimate of drug-likeness (QED) is 0.329. The van der Waals surface area contributed by atoms with E-state index < -0.39 is 16.0 Å². The Balaban J connectivity index is 1.52. The number of anilines is 1. The molecule has 0 aliphatic rings.